The second-order valence-corrected chi connectivity index (χ2v) is 13.1. The quantitative estimate of drug-likeness (QED) is 0.104. The van der Waals surface area contributed by atoms with E-state index in [-0.39, 0.29) is 41.5 Å². The molecule has 0 spiro atoms. The molecule has 6 aromatic carbocycles. The van der Waals surface area contributed by atoms with Gasteiger partial charge in [-0.15, -0.1) is 104 Å². The molecule has 0 fully saturated rings. The van der Waals surface area contributed by atoms with Crippen molar-refractivity contribution in [3.8, 4) is 28.5 Å². The van der Waals surface area contributed by atoms with Crippen LogP contribution in [-0.2, 0) is 41.5 Å². The van der Waals surface area contributed by atoms with Crippen molar-refractivity contribution in [3.05, 3.63) is 201 Å². The van der Waals surface area contributed by atoms with Crippen LogP contribution in [0.25, 0.3) is 50.3 Å². The molecule has 0 atom stereocenters. The number of aromatic nitrogens is 7. The predicted octanol–water partition coefficient (Wildman–Crippen LogP) is 10.6. The average molecular weight is 1030 g/mol. The van der Waals surface area contributed by atoms with Crippen LogP contribution in [0, 0.1) is 24.3 Å². The van der Waals surface area contributed by atoms with Gasteiger partial charge in [0.25, 0.3) is 5.95 Å². The molecule has 0 radical (unpaired) electrons. The summed E-state index contributed by atoms with van der Waals surface area (Å²) >= 11 is 0. The molecule has 0 aliphatic carbocycles. The van der Waals surface area contributed by atoms with E-state index in [0.717, 1.165) is 78.4 Å². The summed E-state index contributed by atoms with van der Waals surface area (Å²) in [6.45, 7) is 0. The van der Waals surface area contributed by atoms with Crippen LogP contribution in [0.2, 0.25) is 0 Å². The Labute approximate surface area is 369 Å². The number of para-hydroxylation sites is 2. The van der Waals surface area contributed by atoms with E-state index in [4.69, 9.17) is 0 Å². The maximum atomic E-state index is 4.58. The maximum Gasteiger partial charge on any atom is 2.00 e. The summed E-state index contributed by atoms with van der Waals surface area (Å²) in [6, 6.07) is 67.4. The fourth-order valence-corrected chi connectivity index (χ4v) is 7.08. The summed E-state index contributed by atoms with van der Waals surface area (Å²) in [5, 5.41) is 19.0. The average Bonchev–Trinajstić information content (AvgIpc) is 3.61. The third-order valence-corrected chi connectivity index (χ3v) is 9.59. The third-order valence-electron chi connectivity index (χ3n) is 9.59. The standard InChI is InChI=1S/C48H29N9.Pd.Pt/c1-3-15-36(16-4-1)55(38-19-11-13-34(29-38)44-21-7-9-27-49-44)40-23-25-42-43-26-24-41(32-47(43)57(46(42)31-40)48-53-51-33-52-54-48)56(37-17-5-2-6-18-37)39-20-12-14-35(30-39)45-22-8-10-28-50-45;;/h1-28,33H;;/q-4;2*+2. The minimum Gasteiger partial charge on any atom is -0.352 e. The van der Waals surface area contributed by atoms with Crippen molar-refractivity contribution < 1.29 is 41.5 Å². The summed E-state index contributed by atoms with van der Waals surface area (Å²) in [4.78, 5) is 13.4. The smallest absolute Gasteiger partial charge is 0.352 e. The molecule has 286 valence electrons. The zero-order valence-corrected chi connectivity index (χ0v) is 34.7. The molecule has 10 aromatic rings. The summed E-state index contributed by atoms with van der Waals surface area (Å²) in [6.07, 6.45) is 4.91. The number of fused-ring (bicyclic) bond motifs is 3. The number of hydrogen-bond acceptors (Lipinski definition) is 8. The summed E-state index contributed by atoms with van der Waals surface area (Å²) in [5.41, 5.74) is 10.0. The summed E-state index contributed by atoms with van der Waals surface area (Å²) in [7, 11) is 0. The van der Waals surface area contributed by atoms with Crippen LogP contribution in [0.1, 0.15) is 0 Å². The van der Waals surface area contributed by atoms with Crippen LogP contribution in [0.3, 0.4) is 0 Å². The molecule has 9 nitrogen and oxygen atoms in total. The van der Waals surface area contributed by atoms with E-state index < -0.39 is 0 Å². The van der Waals surface area contributed by atoms with Crippen molar-refractivity contribution in [2.75, 3.05) is 9.80 Å². The molecule has 0 aliphatic heterocycles. The minimum absolute atomic E-state index is 0. The van der Waals surface area contributed by atoms with Crippen LogP contribution in [0.5, 0.6) is 0 Å². The van der Waals surface area contributed by atoms with E-state index >= 15 is 0 Å². The van der Waals surface area contributed by atoms with Gasteiger partial charge in [0, 0.05) is 23.8 Å². The van der Waals surface area contributed by atoms with Crippen LogP contribution in [0.4, 0.5) is 34.1 Å². The summed E-state index contributed by atoms with van der Waals surface area (Å²) < 4.78 is 1.92. The Balaban J connectivity index is 0.00000242. The van der Waals surface area contributed by atoms with Crippen molar-refractivity contribution in [3.63, 3.8) is 0 Å². The molecule has 10 rings (SSSR count). The van der Waals surface area contributed by atoms with E-state index in [1.807, 2.05) is 114 Å². The van der Waals surface area contributed by atoms with Crippen molar-refractivity contribution >= 4 is 55.9 Å². The van der Waals surface area contributed by atoms with Crippen LogP contribution < -0.4 is 9.80 Å². The second kappa shape index (κ2) is 17.4. The van der Waals surface area contributed by atoms with E-state index in [9.17, 15) is 0 Å². The van der Waals surface area contributed by atoms with E-state index in [1.165, 1.54) is 6.33 Å². The molecule has 0 amide bonds. The fourth-order valence-electron chi connectivity index (χ4n) is 7.08. The number of hydrogen-bond donors (Lipinski definition) is 0. The Morgan fingerprint density at radius 2 is 0.864 bits per heavy atom. The first-order valence-electron chi connectivity index (χ1n) is 18.3. The Hall–Kier alpha value is -6.69. The first kappa shape index (κ1) is 39.2. The molecule has 59 heavy (non-hydrogen) atoms. The van der Waals surface area contributed by atoms with E-state index in [2.05, 4.69) is 113 Å². The van der Waals surface area contributed by atoms with Gasteiger partial charge in [-0.25, -0.2) is 0 Å². The number of nitrogens with zero attached hydrogens (tertiary/aromatic N) is 9. The van der Waals surface area contributed by atoms with Gasteiger partial charge in [0.15, 0.2) is 6.33 Å². The molecule has 4 aromatic heterocycles. The number of pyridine rings is 2. The Morgan fingerprint density at radius 3 is 1.31 bits per heavy atom. The van der Waals surface area contributed by atoms with E-state index in [0.29, 0.717) is 5.95 Å². The van der Waals surface area contributed by atoms with Crippen molar-refractivity contribution in [2.45, 2.75) is 0 Å². The zero-order valence-electron chi connectivity index (χ0n) is 30.9. The largest absolute Gasteiger partial charge is 2.00 e. The topological polar surface area (TPSA) is 88.8 Å². The molecule has 0 saturated carbocycles. The molecular formula is C48H29N9PdPt. The van der Waals surface area contributed by atoms with Gasteiger partial charge < -0.3 is 24.3 Å². The Bertz CT molecular complexity index is 2790. The molecule has 0 aliphatic rings. The van der Waals surface area contributed by atoms with Crippen molar-refractivity contribution in [1.29, 1.82) is 0 Å². The first-order valence-corrected chi connectivity index (χ1v) is 18.3. The molecule has 11 heteroatoms. The van der Waals surface area contributed by atoms with Gasteiger partial charge >= 0.3 is 41.5 Å². The monoisotopic (exact) mass is 1030 g/mol. The molecule has 0 bridgehead atoms. The van der Waals surface area contributed by atoms with Crippen molar-refractivity contribution in [2.24, 2.45) is 0 Å². The number of rotatable bonds is 9. The minimum atomic E-state index is 0. The number of benzene rings is 6. The number of anilines is 6. The normalized spacial score (nSPS) is 10.8. The van der Waals surface area contributed by atoms with Gasteiger partial charge in [-0.3, -0.25) is 0 Å². The molecule has 4 heterocycles. The van der Waals surface area contributed by atoms with Gasteiger partial charge in [-0.1, -0.05) is 83.1 Å². The molecule has 0 saturated heterocycles. The van der Waals surface area contributed by atoms with Gasteiger partial charge in [0.1, 0.15) is 0 Å². The molecular weight excluding hydrogens is 1000 g/mol. The van der Waals surface area contributed by atoms with Crippen LogP contribution in [0.15, 0.2) is 176 Å². The zero-order chi connectivity index (χ0) is 38.0. The Kier molecular flexibility index (Phi) is 11.6. The Morgan fingerprint density at radius 1 is 0.424 bits per heavy atom. The van der Waals surface area contributed by atoms with Crippen LogP contribution >= 0.6 is 0 Å². The third kappa shape index (κ3) is 7.70. The van der Waals surface area contributed by atoms with Gasteiger partial charge in [-0.05, 0) is 59.2 Å². The van der Waals surface area contributed by atoms with Crippen molar-refractivity contribution in [1.82, 2.24) is 34.9 Å². The van der Waals surface area contributed by atoms with Gasteiger partial charge in [0.05, 0.1) is 0 Å². The fraction of sp³-hybridized carbons (Fsp3) is 0. The molecule has 0 N–H and O–H groups in total. The summed E-state index contributed by atoms with van der Waals surface area (Å²) in [5.74, 6) is 0.296. The first-order chi connectivity index (χ1) is 28.3. The second-order valence-electron chi connectivity index (χ2n) is 13.1. The van der Waals surface area contributed by atoms with Gasteiger partial charge in [0.2, 0.25) is 0 Å². The molecule has 0 unspecified atom stereocenters. The maximum absolute atomic E-state index is 4.58. The van der Waals surface area contributed by atoms with Crippen LogP contribution in [-0.4, -0.2) is 34.9 Å². The van der Waals surface area contributed by atoms with E-state index in [1.54, 1.807) is 12.4 Å². The van der Waals surface area contributed by atoms with Gasteiger partial charge in [-0.2, -0.15) is 22.9 Å². The SMILES string of the molecule is [Pd+2].[Pt+2].[c-]1c(-c2ccccn2)cccc1N(c1[c-]c2c(cc1)c1ccc(N(c3[c-]c(-c4ccccn4)ccc3)c3ccccc3)[c-]c1n2-c1nncnn1)c1ccccc1. The predicted molar refractivity (Wildman–Crippen MR) is 223 cm³/mol.